The molecule has 0 aliphatic rings. The SMILES string of the molecule is COc1ccc(C(=O)OC(C)C(=O)Nc2ccccc2-c2ccccc2)c(OC)c1. The van der Waals surface area contributed by atoms with Crippen molar-refractivity contribution < 1.29 is 23.8 Å². The molecule has 0 spiro atoms. The number of amides is 1. The Hall–Kier alpha value is -3.80. The summed E-state index contributed by atoms with van der Waals surface area (Å²) in [6, 6.07) is 21.9. The number of hydrogen-bond donors (Lipinski definition) is 1. The summed E-state index contributed by atoms with van der Waals surface area (Å²) in [4.78, 5) is 25.2. The van der Waals surface area contributed by atoms with E-state index in [0.29, 0.717) is 17.2 Å². The Bertz CT molecular complexity index is 1030. The molecule has 0 radical (unpaired) electrons. The summed E-state index contributed by atoms with van der Waals surface area (Å²) in [6.07, 6.45) is -1.01. The highest BCUT2D eigenvalue weighted by atomic mass is 16.5. The second-order valence-corrected chi connectivity index (χ2v) is 6.51. The Morgan fingerprint density at radius 1 is 0.867 bits per heavy atom. The van der Waals surface area contributed by atoms with Crippen LogP contribution in [0.3, 0.4) is 0 Å². The smallest absolute Gasteiger partial charge is 0.342 e. The van der Waals surface area contributed by atoms with Crippen LogP contribution in [0, 0.1) is 0 Å². The Labute approximate surface area is 175 Å². The highest BCUT2D eigenvalue weighted by molar-refractivity contribution is 6.00. The number of ether oxygens (including phenoxy) is 3. The number of anilines is 1. The molecule has 0 aromatic heterocycles. The number of benzene rings is 3. The van der Waals surface area contributed by atoms with Crippen molar-refractivity contribution in [3.05, 3.63) is 78.4 Å². The van der Waals surface area contributed by atoms with Gasteiger partial charge in [-0.1, -0.05) is 48.5 Å². The van der Waals surface area contributed by atoms with Crippen molar-refractivity contribution in [3.8, 4) is 22.6 Å². The number of hydrogen-bond acceptors (Lipinski definition) is 5. The lowest BCUT2D eigenvalue weighted by Gasteiger charge is -2.17. The van der Waals surface area contributed by atoms with Gasteiger partial charge in [-0.3, -0.25) is 4.79 Å². The topological polar surface area (TPSA) is 73.9 Å². The molecule has 0 fully saturated rings. The van der Waals surface area contributed by atoms with E-state index in [2.05, 4.69) is 5.32 Å². The van der Waals surface area contributed by atoms with Gasteiger partial charge < -0.3 is 19.5 Å². The van der Waals surface area contributed by atoms with Crippen molar-refractivity contribution in [1.29, 1.82) is 0 Å². The third-order valence-electron chi connectivity index (χ3n) is 4.55. The van der Waals surface area contributed by atoms with Gasteiger partial charge in [-0.05, 0) is 30.7 Å². The Kier molecular flexibility index (Phi) is 6.70. The third-order valence-corrected chi connectivity index (χ3v) is 4.55. The molecule has 6 nitrogen and oxygen atoms in total. The molecule has 0 saturated heterocycles. The number of carbonyl (C=O) groups excluding carboxylic acids is 2. The molecule has 1 amide bonds. The van der Waals surface area contributed by atoms with Crippen LogP contribution >= 0.6 is 0 Å². The first-order valence-corrected chi connectivity index (χ1v) is 9.41. The van der Waals surface area contributed by atoms with E-state index in [1.807, 2.05) is 48.5 Å². The standard InChI is InChI=1S/C24H23NO5/c1-16(30-24(27)20-14-13-18(28-2)15-22(20)29-3)23(26)25-21-12-8-7-11-19(21)17-9-5-4-6-10-17/h4-16H,1-3H3,(H,25,26). The zero-order valence-corrected chi connectivity index (χ0v) is 17.0. The molecule has 30 heavy (non-hydrogen) atoms. The van der Waals surface area contributed by atoms with E-state index in [9.17, 15) is 9.59 Å². The lowest BCUT2D eigenvalue weighted by atomic mass is 10.0. The average Bonchev–Trinajstić information content (AvgIpc) is 2.79. The van der Waals surface area contributed by atoms with Gasteiger partial charge >= 0.3 is 5.97 Å². The van der Waals surface area contributed by atoms with Crippen molar-refractivity contribution >= 4 is 17.6 Å². The van der Waals surface area contributed by atoms with Crippen LogP contribution in [0.5, 0.6) is 11.5 Å². The molecule has 6 heteroatoms. The van der Waals surface area contributed by atoms with Crippen LogP contribution in [0.15, 0.2) is 72.8 Å². The van der Waals surface area contributed by atoms with Crippen molar-refractivity contribution in [1.82, 2.24) is 0 Å². The first-order valence-electron chi connectivity index (χ1n) is 9.41. The van der Waals surface area contributed by atoms with Crippen LogP contribution in [-0.4, -0.2) is 32.2 Å². The third kappa shape index (κ3) is 4.78. The average molecular weight is 405 g/mol. The molecule has 3 aromatic rings. The number of methoxy groups -OCH3 is 2. The number of rotatable bonds is 7. The van der Waals surface area contributed by atoms with Gasteiger partial charge in [-0.2, -0.15) is 0 Å². The van der Waals surface area contributed by atoms with Gasteiger partial charge in [0.15, 0.2) is 6.10 Å². The Morgan fingerprint density at radius 3 is 2.27 bits per heavy atom. The first kappa shape index (κ1) is 20.9. The van der Waals surface area contributed by atoms with E-state index in [0.717, 1.165) is 11.1 Å². The normalized spacial score (nSPS) is 11.3. The molecule has 0 aliphatic heterocycles. The highest BCUT2D eigenvalue weighted by Gasteiger charge is 2.22. The lowest BCUT2D eigenvalue weighted by molar-refractivity contribution is -0.123. The van der Waals surface area contributed by atoms with Crippen LogP contribution in [0.2, 0.25) is 0 Å². The highest BCUT2D eigenvalue weighted by Crippen LogP contribution is 2.28. The molecule has 3 rings (SSSR count). The lowest BCUT2D eigenvalue weighted by Crippen LogP contribution is -2.30. The Balaban J connectivity index is 1.73. The maximum absolute atomic E-state index is 12.7. The monoisotopic (exact) mass is 405 g/mol. The summed E-state index contributed by atoms with van der Waals surface area (Å²) in [5, 5.41) is 2.85. The van der Waals surface area contributed by atoms with Gasteiger partial charge in [0, 0.05) is 17.3 Å². The van der Waals surface area contributed by atoms with Crippen LogP contribution in [0.25, 0.3) is 11.1 Å². The van der Waals surface area contributed by atoms with E-state index in [1.165, 1.54) is 27.2 Å². The molecule has 0 bridgehead atoms. The molecule has 0 aliphatic carbocycles. The summed E-state index contributed by atoms with van der Waals surface area (Å²) in [6.45, 7) is 1.52. The molecule has 154 valence electrons. The van der Waals surface area contributed by atoms with Crippen LogP contribution in [0.1, 0.15) is 17.3 Å². The minimum absolute atomic E-state index is 0.211. The minimum atomic E-state index is -1.01. The van der Waals surface area contributed by atoms with Gasteiger partial charge in [0.1, 0.15) is 17.1 Å². The van der Waals surface area contributed by atoms with E-state index in [4.69, 9.17) is 14.2 Å². The summed E-state index contributed by atoms with van der Waals surface area (Å²) < 4.78 is 15.7. The van der Waals surface area contributed by atoms with Crippen LogP contribution in [0.4, 0.5) is 5.69 Å². The zero-order valence-electron chi connectivity index (χ0n) is 17.0. The predicted molar refractivity (Wildman–Crippen MR) is 115 cm³/mol. The summed E-state index contributed by atoms with van der Waals surface area (Å²) >= 11 is 0. The molecule has 1 N–H and O–H groups in total. The summed E-state index contributed by atoms with van der Waals surface area (Å²) in [5.41, 5.74) is 2.70. The number of para-hydroxylation sites is 1. The minimum Gasteiger partial charge on any atom is -0.497 e. The van der Waals surface area contributed by atoms with E-state index >= 15 is 0 Å². The van der Waals surface area contributed by atoms with Gasteiger partial charge in [0.05, 0.1) is 14.2 Å². The van der Waals surface area contributed by atoms with Crippen LogP contribution < -0.4 is 14.8 Å². The van der Waals surface area contributed by atoms with Crippen molar-refractivity contribution in [2.75, 3.05) is 19.5 Å². The molecule has 1 atom stereocenters. The molecule has 3 aromatic carbocycles. The van der Waals surface area contributed by atoms with Crippen LogP contribution in [-0.2, 0) is 9.53 Å². The van der Waals surface area contributed by atoms with E-state index < -0.39 is 18.0 Å². The van der Waals surface area contributed by atoms with Gasteiger partial charge in [0.2, 0.25) is 0 Å². The number of carbonyl (C=O) groups is 2. The van der Waals surface area contributed by atoms with Crippen molar-refractivity contribution in [3.63, 3.8) is 0 Å². The molecular formula is C24H23NO5. The largest absolute Gasteiger partial charge is 0.497 e. The maximum atomic E-state index is 12.7. The van der Waals surface area contributed by atoms with Gasteiger partial charge in [-0.15, -0.1) is 0 Å². The fourth-order valence-corrected chi connectivity index (χ4v) is 2.94. The van der Waals surface area contributed by atoms with Crippen molar-refractivity contribution in [2.24, 2.45) is 0 Å². The number of nitrogens with one attached hydrogen (secondary N) is 1. The van der Waals surface area contributed by atoms with Gasteiger partial charge in [0.25, 0.3) is 5.91 Å². The molecule has 0 saturated carbocycles. The van der Waals surface area contributed by atoms with Crippen molar-refractivity contribution in [2.45, 2.75) is 13.0 Å². The number of esters is 1. The fraction of sp³-hybridized carbons (Fsp3) is 0.167. The van der Waals surface area contributed by atoms with E-state index in [1.54, 1.807) is 18.2 Å². The molecular weight excluding hydrogens is 382 g/mol. The zero-order chi connectivity index (χ0) is 21.5. The maximum Gasteiger partial charge on any atom is 0.342 e. The second-order valence-electron chi connectivity index (χ2n) is 6.51. The first-order chi connectivity index (χ1) is 14.5. The molecule has 1 unspecified atom stereocenters. The van der Waals surface area contributed by atoms with E-state index in [-0.39, 0.29) is 5.56 Å². The fourth-order valence-electron chi connectivity index (χ4n) is 2.94. The summed E-state index contributed by atoms with van der Waals surface area (Å²) in [5.74, 6) is -0.235. The second kappa shape index (κ2) is 9.60. The Morgan fingerprint density at radius 2 is 1.57 bits per heavy atom. The summed E-state index contributed by atoms with van der Waals surface area (Å²) in [7, 11) is 2.97. The predicted octanol–water partition coefficient (Wildman–Crippen LogP) is 4.55. The molecule has 0 heterocycles. The quantitative estimate of drug-likeness (QED) is 0.584. The van der Waals surface area contributed by atoms with Gasteiger partial charge in [-0.25, -0.2) is 4.79 Å².